The standard InChI is InChI=1S/C12H21N3O2S/c1-2-3-12(10-13)15-18(16,17)9-6-11-4-7-14-8-5-11/h4-5,7-8,12,15H,2-3,6,9-10,13H2,1H3. The topological polar surface area (TPSA) is 85.1 Å². The van der Waals surface area contributed by atoms with Crippen LogP contribution in [0.4, 0.5) is 0 Å². The van der Waals surface area contributed by atoms with Gasteiger partial charge in [-0.1, -0.05) is 13.3 Å². The van der Waals surface area contributed by atoms with Crippen molar-refractivity contribution in [1.82, 2.24) is 9.71 Å². The fourth-order valence-electron chi connectivity index (χ4n) is 1.69. The predicted octanol–water partition coefficient (Wildman–Crippen LogP) is 0.671. The lowest BCUT2D eigenvalue weighted by molar-refractivity contribution is 0.527. The molecule has 1 rings (SSSR count). The molecule has 102 valence electrons. The molecule has 18 heavy (non-hydrogen) atoms. The smallest absolute Gasteiger partial charge is 0.212 e. The Labute approximate surface area is 109 Å². The van der Waals surface area contributed by atoms with Crippen molar-refractivity contribution in [3.8, 4) is 0 Å². The number of aromatic nitrogens is 1. The molecule has 0 amide bonds. The van der Waals surface area contributed by atoms with Gasteiger partial charge >= 0.3 is 0 Å². The lowest BCUT2D eigenvalue weighted by Crippen LogP contribution is -2.41. The van der Waals surface area contributed by atoms with Crippen molar-refractivity contribution in [2.24, 2.45) is 5.73 Å². The van der Waals surface area contributed by atoms with Crippen LogP contribution in [-0.4, -0.2) is 31.7 Å². The fourth-order valence-corrected chi connectivity index (χ4v) is 3.03. The Balaban J connectivity index is 2.49. The van der Waals surface area contributed by atoms with Gasteiger partial charge in [0.2, 0.25) is 10.0 Å². The van der Waals surface area contributed by atoms with Gasteiger partial charge in [0, 0.05) is 25.0 Å². The molecule has 0 saturated heterocycles. The van der Waals surface area contributed by atoms with E-state index < -0.39 is 10.0 Å². The van der Waals surface area contributed by atoms with Crippen LogP contribution in [0.25, 0.3) is 0 Å². The second kappa shape index (κ2) is 7.45. The van der Waals surface area contributed by atoms with Gasteiger partial charge in [-0.15, -0.1) is 0 Å². The van der Waals surface area contributed by atoms with E-state index in [0.717, 1.165) is 18.4 Å². The summed E-state index contributed by atoms with van der Waals surface area (Å²) in [7, 11) is -3.26. The highest BCUT2D eigenvalue weighted by molar-refractivity contribution is 7.89. The van der Waals surface area contributed by atoms with Gasteiger partial charge in [0.15, 0.2) is 0 Å². The third kappa shape index (κ3) is 5.57. The summed E-state index contributed by atoms with van der Waals surface area (Å²) in [5, 5.41) is 0. The monoisotopic (exact) mass is 271 g/mol. The Morgan fingerprint density at radius 2 is 2.06 bits per heavy atom. The van der Waals surface area contributed by atoms with Crippen LogP contribution in [0.5, 0.6) is 0 Å². The molecule has 0 aliphatic heterocycles. The van der Waals surface area contributed by atoms with Crippen molar-refractivity contribution < 1.29 is 8.42 Å². The minimum atomic E-state index is -3.26. The molecule has 0 spiro atoms. The van der Waals surface area contributed by atoms with Crippen molar-refractivity contribution in [2.75, 3.05) is 12.3 Å². The lowest BCUT2D eigenvalue weighted by Gasteiger charge is -2.15. The molecule has 0 aliphatic rings. The Bertz CT molecular complexity index is 434. The number of pyridine rings is 1. The van der Waals surface area contributed by atoms with Crippen LogP contribution in [-0.2, 0) is 16.4 Å². The maximum atomic E-state index is 11.9. The molecule has 0 radical (unpaired) electrons. The normalized spacial score (nSPS) is 13.4. The average molecular weight is 271 g/mol. The van der Waals surface area contributed by atoms with E-state index in [1.165, 1.54) is 0 Å². The first kappa shape index (κ1) is 15.1. The van der Waals surface area contributed by atoms with Crippen LogP contribution in [0.2, 0.25) is 0 Å². The van der Waals surface area contributed by atoms with Crippen LogP contribution in [0.3, 0.4) is 0 Å². The molecule has 1 aromatic heterocycles. The van der Waals surface area contributed by atoms with E-state index in [9.17, 15) is 8.42 Å². The second-order valence-corrected chi connectivity index (χ2v) is 6.14. The summed E-state index contributed by atoms with van der Waals surface area (Å²) < 4.78 is 26.4. The van der Waals surface area contributed by atoms with E-state index in [1.54, 1.807) is 12.4 Å². The molecule has 6 heteroatoms. The molecular weight excluding hydrogens is 250 g/mol. The zero-order valence-electron chi connectivity index (χ0n) is 10.7. The number of nitrogens with one attached hydrogen (secondary N) is 1. The highest BCUT2D eigenvalue weighted by Gasteiger charge is 2.15. The molecule has 0 bridgehead atoms. The van der Waals surface area contributed by atoms with Crippen molar-refractivity contribution in [3.05, 3.63) is 30.1 Å². The molecule has 0 saturated carbocycles. The van der Waals surface area contributed by atoms with Crippen LogP contribution in [0, 0.1) is 0 Å². The first-order chi connectivity index (χ1) is 8.57. The number of aryl methyl sites for hydroxylation is 1. The van der Waals surface area contributed by atoms with Gasteiger partial charge in [-0.25, -0.2) is 13.1 Å². The van der Waals surface area contributed by atoms with E-state index in [4.69, 9.17) is 5.73 Å². The maximum absolute atomic E-state index is 11.9. The molecule has 3 N–H and O–H groups in total. The van der Waals surface area contributed by atoms with Crippen molar-refractivity contribution in [3.63, 3.8) is 0 Å². The fraction of sp³-hybridized carbons (Fsp3) is 0.583. The van der Waals surface area contributed by atoms with E-state index in [2.05, 4.69) is 9.71 Å². The summed E-state index contributed by atoms with van der Waals surface area (Å²) in [6, 6.07) is 3.49. The van der Waals surface area contributed by atoms with Crippen molar-refractivity contribution >= 4 is 10.0 Å². The molecule has 0 aliphatic carbocycles. The zero-order valence-corrected chi connectivity index (χ0v) is 11.5. The van der Waals surface area contributed by atoms with Crippen molar-refractivity contribution in [1.29, 1.82) is 0 Å². The first-order valence-electron chi connectivity index (χ1n) is 6.16. The van der Waals surface area contributed by atoms with Crippen LogP contribution >= 0.6 is 0 Å². The van der Waals surface area contributed by atoms with Gasteiger partial charge in [0.1, 0.15) is 0 Å². The third-order valence-corrected chi connectivity index (χ3v) is 4.11. The van der Waals surface area contributed by atoms with Gasteiger partial charge in [0.05, 0.1) is 5.75 Å². The van der Waals surface area contributed by atoms with Crippen molar-refractivity contribution in [2.45, 2.75) is 32.2 Å². The van der Waals surface area contributed by atoms with E-state index in [1.807, 2.05) is 19.1 Å². The molecular formula is C12H21N3O2S. The number of sulfonamides is 1. The summed E-state index contributed by atoms with van der Waals surface area (Å²) in [6.45, 7) is 2.34. The molecule has 0 fully saturated rings. The SMILES string of the molecule is CCCC(CN)NS(=O)(=O)CCc1ccncc1. The molecule has 0 aromatic carbocycles. The Kier molecular flexibility index (Phi) is 6.24. The van der Waals surface area contributed by atoms with E-state index in [-0.39, 0.29) is 11.8 Å². The first-order valence-corrected chi connectivity index (χ1v) is 7.81. The Morgan fingerprint density at radius 3 is 2.61 bits per heavy atom. The van der Waals surface area contributed by atoms with Crippen LogP contribution in [0.1, 0.15) is 25.3 Å². The molecule has 1 aromatic rings. The van der Waals surface area contributed by atoms with Gasteiger partial charge in [-0.2, -0.15) is 0 Å². The number of rotatable bonds is 8. The number of hydrogen-bond acceptors (Lipinski definition) is 4. The molecule has 1 heterocycles. The van der Waals surface area contributed by atoms with Crippen LogP contribution in [0.15, 0.2) is 24.5 Å². The summed E-state index contributed by atoms with van der Waals surface area (Å²) in [4.78, 5) is 3.89. The zero-order chi connectivity index (χ0) is 13.4. The largest absolute Gasteiger partial charge is 0.329 e. The number of hydrogen-bond donors (Lipinski definition) is 2. The maximum Gasteiger partial charge on any atom is 0.212 e. The highest BCUT2D eigenvalue weighted by atomic mass is 32.2. The minimum Gasteiger partial charge on any atom is -0.329 e. The third-order valence-electron chi connectivity index (χ3n) is 2.68. The summed E-state index contributed by atoms with van der Waals surface area (Å²) in [6.07, 6.45) is 5.49. The quantitative estimate of drug-likeness (QED) is 0.728. The summed E-state index contributed by atoms with van der Waals surface area (Å²) in [5.41, 5.74) is 6.51. The minimum absolute atomic E-state index is 0.0806. The Morgan fingerprint density at radius 1 is 1.39 bits per heavy atom. The Hall–Kier alpha value is -0.980. The summed E-state index contributed by atoms with van der Waals surface area (Å²) in [5.74, 6) is 0.0806. The van der Waals surface area contributed by atoms with Gasteiger partial charge in [-0.3, -0.25) is 4.98 Å². The number of nitrogens with zero attached hydrogens (tertiary/aromatic N) is 1. The predicted molar refractivity (Wildman–Crippen MR) is 72.6 cm³/mol. The second-order valence-electron chi connectivity index (χ2n) is 4.26. The molecule has 1 atom stereocenters. The van der Waals surface area contributed by atoms with Gasteiger partial charge < -0.3 is 5.73 Å². The average Bonchev–Trinajstić information content (AvgIpc) is 2.37. The number of nitrogens with two attached hydrogens (primary N) is 1. The van der Waals surface area contributed by atoms with Gasteiger partial charge in [-0.05, 0) is 30.5 Å². The van der Waals surface area contributed by atoms with E-state index >= 15 is 0 Å². The molecule has 1 unspecified atom stereocenters. The summed E-state index contributed by atoms with van der Waals surface area (Å²) >= 11 is 0. The van der Waals surface area contributed by atoms with Gasteiger partial charge in [0.25, 0.3) is 0 Å². The van der Waals surface area contributed by atoms with E-state index in [0.29, 0.717) is 13.0 Å². The van der Waals surface area contributed by atoms with Crippen LogP contribution < -0.4 is 10.5 Å². The highest BCUT2D eigenvalue weighted by Crippen LogP contribution is 2.02. The lowest BCUT2D eigenvalue weighted by atomic mass is 10.2. The molecule has 5 nitrogen and oxygen atoms in total.